The predicted molar refractivity (Wildman–Crippen MR) is 68.7 cm³/mol. The van der Waals surface area contributed by atoms with E-state index in [1.54, 1.807) is 36.7 Å². The fourth-order valence-corrected chi connectivity index (χ4v) is 1.79. The molecule has 88 valence electrons. The Morgan fingerprint density at radius 3 is 2.71 bits per heavy atom. The van der Waals surface area contributed by atoms with E-state index in [2.05, 4.69) is 4.98 Å². The molecular weight excluding hydrogens is 259 g/mol. The number of nitrogens with zero attached hydrogens (tertiary/aromatic N) is 1. The minimum Gasteiger partial charge on any atom is -0.455 e. The number of benzene rings is 1. The van der Waals surface area contributed by atoms with Gasteiger partial charge in [-0.2, -0.15) is 0 Å². The first-order chi connectivity index (χ1) is 8.20. The van der Waals surface area contributed by atoms with Crippen LogP contribution in [0, 0.1) is 0 Å². The van der Waals surface area contributed by atoms with Crippen LogP contribution in [0.15, 0.2) is 36.7 Å². The summed E-state index contributed by atoms with van der Waals surface area (Å²) in [5, 5.41) is 1.02. The van der Waals surface area contributed by atoms with E-state index < -0.39 is 0 Å². The maximum atomic E-state index is 6.02. The summed E-state index contributed by atoms with van der Waals surface area (Å²) in [6, 6.07) is 6.80. The summed E-state index contributed by atoms with van der Waals surface area (Å²) >= 11 is 11.8. The van der Waals surface area contributed by atoms with Crippen LogP contribution in [0.3, 0.4) is 0 Å². The number of nitrogens with two attached hydrogens (primary N) is 1. The molecule has 0 saturated heterocycles. The van der Waals surface area contributed by atoms with Crippen LogP contribution in [0.1, 0.15) is 5.56 Å². The van der Waals surface area contributed by atoms with Crippen molar-refractivity contribution in [2.75, 3.05) is 0 Å². The van der Waals surface area contributed by atoms with Crippen molar-refractivity contribution in [3.63, 3.8) is 0 Å². The topological polar surface area (TPSA) is 48.1 Å². The van der Waals surface area contributed by atoms with Crippen LogP contribution in [-0.2, 0) is 6.54 Å². The highest BCUT2D eigenvalue weighted by Crippen LogP contribution is 2.32. The van der Waals surface area contributed by atoms with Gasteiger partial charge in [-0.1, -0.05) is 23.2 Å². The summed E-state index contributed by atoms with van der Waals surface area (Å²) in [6.07, 6.45) is 3.30. The van der Waals surface area contributed by atoms with Crippen molar-refractivity contribution in [3.8, 4) is 11.5 Å². The summed E-state index contributed by atoms with van der Waals surface area (Å²) in [5.41, 5.74) is 6.41. The molecule has 0 fully saturated rings. The van der Waals surface area contributed by atoms with Crippen LogP contribution in [-0.4, -0.2) is 4.98 Å². The van der Waals surface area contributed by atoms with E-state index in [4.69, 9.17) is 33.7 Å². The maximum absolute atomic E-state index is 6.02. The Labute approximate surface area is 109 Å². The number of aromatic nitrogens is 1. The van der Waals surface area contributed by atoms with Crippen LogP contribution < -0.4 is 10.5 Å². The molecule has 0 aliphatic carbocycles. The number of pyridine rings is 1. The molecule has 5 heteroatoms. The van der Waals surface area contributed by atoms with Gasteiger partial charge in [-0.25, -0.2) is 0 Å². The third-order valence-corrected chi connectivity index (χ3v) is 2.72. The molecule has 0 saturated carbocycles. The highest BCUT2D eigenvalue weighted by molar-refractivity contribution is 6.35. The molecule has 0 atom stereocenters. The monoisotopic (exact) mass is 268 g/mol. The number of halogens is 2. The predicted octanol–water partition coefficient (Wildman–Crippen LogP) is 3.64. The fourth-order valence-electron chi connectivity index (χ4n) is 1.34. The number of rotatable bonds is 3. The van der Waals surface area contributed by atoms with Gasteiger partial charge in [0.1, 0.15) is 11.5 Å². The van der Waals surface area contributed by atoms with E-state index in [-0.39, 0.29) is 0 Å². The van der Waals surface area contributed by atoms with Crippen LogP contribution >= 0.6 is 23.2 Å². The molecule has 17 heavy (non-hydrogen) atoms. The molecular formula is C12H10Cl2N2O. The summed E-state index contributed by atoms with van der Waals surface area (Å²) in [6.45, 7) is 0.356. The molecule has 2 rings (SSSR count). The van der Waals surface area contributed by atoms with Crippen LogP contribution in [0.4, 0.5) is 0 Å². The van der Waals surface area contributed by atoms with Gasteiger partial charge < -0.3 is 10.5 Å². The number of ether oxygens (including phenoxy) is 1. The third-order valence-electron chi connectivity index (χ3n) is 2.19. The highest BCUT2D eigenvalue weighted by Gasteiger charge is 2.07. The van der Waals surface area contributed by atoms with Crippen LogP contribution in [0.5, 0.6) is 11.5 Å². The zero-order valence-electron chi connectivity index (χ0n) is 8.86. The molecule has 1 heterocycles. The number of hydrogen-bond acceptors (Lipinski definition) is 3. The lowest BCUT2D eigenvalue weighted by atomic mass is 10.2. The Morgan fingerprint density at radius 1 is 1.18 bits per heavy atom. The summed E-state index contributed by atoms with van der Waals surface area (Å²) in [4.78, 5) is 3.98. The van der Waals surface area contributed by atoms with Crippen molar-refractivity contribution in [3.05, 3.63) is 52.3 Å². The highest BCUT2D eigenvalue weighted by atomic mass is 35.5. The van der Waals surface area contributed by atoms with Gasteiger partial charge in [0.15, 0.2) is 0 Å². The second-order valence-corrected chi connectivity index (χ2v) is 4.21. The van der Waals surface area contributed by atoms with Crippen molar-refractivity contribution < 1.29 is 4.74 Å². The lowest BCUT2D eigenvalue weighted by Gasteiger charge is -2.10. The van der Waals surface area contributed by atoms with Gasteiger partial charge in [0.05, 0.1) is 5.02 Å². The standard InChI is InChI=1S/C12H10Cl2N2O/c13-9-1-2-12(10(14)5-9)17-11-3-4-16-7-8(11)6-15/h1-5,7H,6,15H2. The number of hydrogen-bond donors (Lipinski definition) is 1. The quantitative estimate of drug-likeness (QED) is 0.925. The van der Waals surface area contributed by atoms with E-state index in [0.717, 1.165) is 5.56 Å². The average molecular weight is 269 g/mol. The molecule has 0 radical (unpaired) electrons. The minimum atomic E-state index is 0.356. The van der Waals surface area contributed by atoms with Crippen molar-refractivity contribution in [1.29, 1.82) is 0 Å². The summed E-state index contributed by atoms with van der Waals surface area (Å²) in [5.74, 6) is 1.18. The summed E-state index contributed by atoms with van der Waals surface area (Å²) in [7, 11) is 0. The zero-order chi connectivity index (χ0) is 12.3. The largest absolute Gasteiger partial charge is 0.455 e. The van der Waals surface area contributed by atoms with E-state index in [0.29, 0.717) is 28.1 Å². The van der Waals surface area contributed by atoms with Crippen LogP contribution in [0.25, 0.3) is 0 Å². The molecule has 0 aliphatic rings. The SMILES string of the molecule is NCc1cnccc1Oc1ccc(Cl)cc1Cl. The molecule has 0 amide bonds. The lowest BCUT2D eigenvalue weighted by molar-refractivity contribution is 0.475. The molecule has 3 nitrogen and oxygen atoms in total. The van der Waals surface area contributed by atoms with E-state index in [1.165, 1.54) is 0 Å². The van der Waals surface area contributed by atoms with Gasteiger partial charge in [-0.05, 0) is 24.3 Å². The normalized spacial score (nSPS) is 10.3. The Bertz CT molecular complexity index is 532. The third kappa shape index (κ3) is 2.88. The van der Waals surface area contributed by atoms with Gasteiger partial charge in [0.2, 0.25) is 0 Å². The first-order valence-electron chi connectivity index (χ1n) is 4.96. The van der Waals surface area contributed by atoms with Gasteiger partial charge >= 0.3 is 0 Å². The molecule has 0 spiro atoms. The molecule has 0 unspecified atom stereocenters. The first-order valence-corrected chi connectivity index (χ1v) is 5.72. The van der Waals surface area contributed by atoms with Gasteiger partial charge in [0.25, 0.3) is 0 Å². The minimum absolute atomic E-state index is 0.356. The van der Waals surface area contributed by atoms with Gasteiger partial charge in [-0.15, -0.1) is 0 Å². The van der Waals surface area contributed by atoms with Crippen molar-refractivity contribution in [1.82, 2.24) is 4.98 Å². The Hall–Kier alpha value is -1.29. The van der Waals surface area contributed by atoms with E-state index in [9.17, 15) is 0 Å². The molecule has 2 N–H and O–H groups in total. The zero-order valence-corrected chi connectivity index (χ0v) is 10.4. The van der Waals surface area contributed by atoms with Crippen molar-refractivity contribution in [2.45, 2.75) is 6.54 Å². The summed E-state index contributed by atoms with van der Waals surface area (Å²) < 4.78 is 5.68. The molecule has 1 aromatic heterocycles. The maximum Gasteiger partial charge on any atom is 0.146 e. The second-order valence-electron chi connectivity index (χ2n) is 3.36. The molecule has 0 aliphatic heterocycles. The Kier molecular flexibility index (Phi) is 3.84. The fraction of sp³-hybridized carbons (Fsp3) is 0.0833. The van der Waals surface area contributed by atoms with Crippen LogP contribution in [0.2, 0.25) is 10.0 Å². The Balaban J connectivity index is 2.31. The first kappa shape index (κ1) is 12.2. The lowest BCUT2D eigenvalue weighted by Crippen LogP contribution is -2.00. The smallest absolute Gasteiger partial charge is 0.146 e. The van der Waals surface area contributed by atoms with E-state index >= 15 is 0 Å². The second kappa shape index (κ2) is 5.36. The van der Waals surface area contributed by atoms with Crippen molar-refractivity contribution >= 4 is 23.2 Å². The molecule has 1 aromatic carbocycles. The van der Waals surface area contributed by atoms with E-state index in [1.807, 2.05) is 0 Å². The van der Waals surface area contributed by atoms with Gasteiger partial charge in [-0.3, -0.25) is 4.98 Å². The molecule has 0 bridgehead atoms. The van der Waals surface area contributed by atoms with Crippen molar-refractivity contribution in [2.24, 2.45) is 5.73 Å². The van der Waals surface area contributed by atoms with Gasteiger partial charge in [0, 0.05) is 29.5 Å². The average Bonchev–Trinajstić information content (AvgIpc) is 2.33. The molecule has 2 aromatic rings. The Morgan fingerprint density at radius 2 is 2.00 bits per heavy atom.